The van der Waals surface area contributed by atoms with Gasteiger partial charge in [-0.05, 0) is 31.1 Å². The first-order valence-electron chi connectivity index (χ1n) is 9.02. The molecule has 4 rings (SSSR count). The molecule has 6 nitrogen and oxygen atoms in total. The summed E-state index contributed by atoms with van der Waals surface area (Å²) in [7, 11) is 0. The molecule has 134 valence electrons. The lowest BCUT2D eigenvalue weighted by molar-refractivity contribution is 0.339. The van der Waals surface area contributed by atoms with Gasteiger partial charge in [0.25, 0.3) is 5.56 Å². The second-order valence-electron chi connectivity index (χ2n) is 6.69. The molecule has 1 saturated carbocycles. The predicted molar refractivity (Wildman–Crippen MR) is 103 cm³/mol. The maximum atomic E-state index is 12.3. The third-order valence-corrected chi connectivity index (χ3v) is 5.23. The highest BCUT2D eigenvalue weighted by atomic mass is 32.1. The van der Waals surface area contributed by atoms with Crippen LogP contribution in [-0.4, -0.2) is 24.5 Å². The molecule has 2 aromatic heterocycles. The number of hydrogen-bond donors (Lipinski definition) is 1. The molecule has 1 fully saturated rings. The van der Waals surface area contributed by atoms with Crippen molar-refractivity contribution in [3.05, 3.63) is 63.4 Å². The van der Waals surface area contributed by atoms with Gasteiger partial charge in [0.2, 0.25) is 0 Å². The molecule has 3 aromatic rings. The number of nitrogens with one attached hydrogen (secondary N) is 1. The predicted octanol–water partition coefficient (Wildman–Crippen LogP) is 3.72. The molecular formula is C19H21N5OS. The summed E-state index contributed by atoms with van der Waals surface area (Å²) in [5.41, 5.74) is 1.60. The highest BCUT2D eigenvalue weighted by molar-refractivity contribution is 7.71. The first kappa shape index (κ1) is 16.9. The van der Waals surface area contributed by atoms with Crippen LogP contribution < -0.4 is 5.56 Å². The molecule has 7 heteroatoms. The van der Waals surface area contributed by atoms with E-state index in [-0.39, 0.29) is 5.56 Å². The Balaban J connectivity index is 1.68. The van der Waals surface area contributed by atoms with Crippen molar-refractivity contribution >= 4 is 12.2 Å². The fourth-order valence-electron chi connectivity index (χ4n) is 3.62. The summed E-state index contributed by atoms with van der Waals surface area (Å²) in [6, 6.07) is 13.5. The van der Waals surface area contributed by atoms with Crippen LogP contribution >= 0.6 is 12.2 Å². The first-order valence-corrected chi connectivity index (χ1v) is 9.42. The minimum atomic E-state index is -0.145. The van der Waals surface area contributed by atoms with E-state index in [4.69, 9.17) is 12.2 Å². The van der Waals surface area contributed by atoms with Gasteiger partial charge in [0.15, 0.2) is 10.6 Å². The van der Waals surface area contributed by atoms with Crippen molar-refractivity contribution in [2.24, 2.45) is 0 Å². The van der Waals surface area contributed by atoms with Gasteiger partial charge < -0.3 is 0 Å². The lowest BCUT2D eigenvalue weighted by atomic mass is 9.95. The van der Waals surface area contributed by atoms with Gasteiger partial charge in [-0.3, -0.25) is 14.5 Å². The van der Waals surface area contributed by atoms with Crippen LogP contribution in [0.2, 0.25) is 0 Å². The van der Waals surface area contributed by atoms with Crippen molar-refractivity contribution in [1.82, 2.24) is 24.5 Å². The lowest BCUT2D eigenvalue weighted by Gasteiger charge is -2.24. The van der Waals surface area contributed by atoms with Gasteiger partial charge in [-0.2, -0.15) is 10.2 Å². The van der Waals surface area contributed by atoms with Crippen LogP contribution in [0.15, 0.2) is 47.3 Å². The smallest absolute Gasteiger partial charge is 0.267 e. The van der Waals surface area contributed by atoms with Crippen molar-refractivity contribution in [2.45, 2.75) is 44.7 Å². The Morgan fingerprint density at radius 3 is 2.62 bits per heavy atom. The standard InChI is InChI=1S/C19H21N5OS/c25-18-12-11-16(14-7-3-1-4-8-14)22-23(18)13-17-20-21-19(26)24(17)15-9-5-2-6-10-15/h1,3-4,7-8,11-12,15H,2,5-6,9-10,13H2,(H,21,26). The average Bonchev–Trinajstić information content (AvgIpc) is 3.05. The van der Waals surface area contributed by atoms with E-state index >= 15 is 0 Å². The summed E-state index contributed by atoms with van der Waals surface area (Å²) in [4.78, 5) is 12.3. The van der Waals surface area contributed by atoms with Gasteiger partial charge in [-0.1, -0.05) is 49.6 Å². The Kier molecular flexibility index (Phi) is 4.79. The van der Waals surface area contributed by atoms with E-state index < -0.39 is 0 Å². The maximum Gasteiger partial charge on any atom is 0.267 e. The molecular weight excluding hydrogens is 346 g/mol. The minimum absolute atomic E-state index is 0.145. The summed E-state index contributed by atoms with van der Waals surface area (Å²) in [6.07, 6.45) is 5.90. The number of benzene rings is 1. The van der Waals surface area contributed by atoms with E-state index in [0.717, 1.165) is 29.9 Å². The van der Waals surface area contributed by atoms with E-state index in [1.807, 2.05) is 30.3 Å². The van der Waals surface area contributed by atoms with E-state index in [1.54, 1.807) is 12.1 Å². The van der Waals surface area contributed by atoms with Gasteiger partial charge in [-0.15, -0.1) is 0 Å². The topological polar surface area (TPSA) is 68.5 Å². The number of nitrogens with zero attached hydrogens (tertiary/aromatic N) is 4. The molecule has 26 heavy (non-hydrogen) atoms. The molecule has 0 aliphatic heterocycles. The Hall–Kier alpha value is -2.54. The van der Waals surface area contributed by atoms with Crippen molar-refractivity contribution in [1.29, 1.82) is 0 Å². The Morgan fingerprint density at radius 2 is 1.85 bits per heavy atom. The fraction of sp³-hybridized carbons (Fsp3) is 0.368. The largest absolute Gasteiger partial charge is 0.299 e. The molecule has 0 atom stereocenters. The third-order valence-electron chi connectivity index (χ3n) is 4.94. The zero-order chi connectivity index (χ0) is 17.9. The third kappa shape index (κ3) is 3.39. The molecule has 0 unspecified atom stereocenters. The van der Waals surface area contributed by atoms with Gasteiger partial charge in [-0.25, -0.2) is 4.68 Å². The average molecular weight is 367 g/mol. The second kappa shape index (κ2) is 7.37. The number of rotatable bonds is 4. The number of aromatic nitrogens is 5. The Labute approximate surface area is 156 Å². The van der Waals surface area contributed by atoms with Crippen molar-refractivity contribution < 1.29 is 0 Å². The van der Waals surface area contributed by atoms with E-state index in [2.05, 4.69) is 19.9 Å². The Morgan fingerprint density at radius 1 is 1.08 bits per heavy atom. The molecule has 0 amide bonds. The monoisotopic (exact) mass is 367 g/mol. The summed E-state index contributed by atoms with van der Waals surface area (Å²) >= 11 is 5.44. The van der Waals surface area contributed by atoms with Gasteiger partial charge in [0, 0.05) is 17.7 Å². The fourth-order valence-corrected chi connectivity index (χ4v) is 3.92. The summed E-state index contributed by atoms with van der Waals surface area (Å²) < 4.78 is 4.17. The molecule has 0 saturated heterocycles. The zero-order valence-electron chi connectivity index (χ0n) is 14.5. The number of H-pyrrole nitrogens is 1. The van der Waals surface area contributed by atoms with Crippen LogP contribution in [0.1, 0.15) is 44.0 Å². The second-order valence-corrected chi connectivity index (χ2v) is 7.07. The molecule has 0 radical (unpaired) electrons. The lowest BCUT2D eigenvalue weighted by Crippen LogP contribution is -2.25. The molecule has 1 N–H and O–H groups in total. The van der Waals surface area contributed by atoms with Crippen LogP contribution in [0.3, 0.4) is 0 Å². The van der Waals surface area contributed by atoms with Crippen LogP contribution in [0.4, 0.5) is 0 Å². The van der Waals surface area contributed by atoms with Crippen molar-refractivity contribution in [2.75, 3.05) is 0 Å². The summed E-state index contributed by atoms with van der Waals surface area (Å²) in [5.74, 6) is 0.765. The van der Waals surface area contributed by atoms with Crippen molar-refractivity contribution in [3.63, 3.8) is 0 Å². The highest BCUT2D eigenvalue weighted by Crippen LogP contribution is 2.29. The number of aromatic amines is 1. The van der Waals surface area contributed by atoms with E-state index in [9.17, 15) is 4.79 Å². The minimum Gasteiger partial charge on any atom is -0.299 e. The Bertz CT molecular complexity index is 999. The molecule has 1 aliphatic rings. The van der Waals surface area contributed by atoms with Crippen LogP contribution in [0.5, 0.6) is 0 Å². The highest BCUT2D eigenvalue weighted by Gasteiger charge is 2.20. The van der Waals surface area contributed by atoms with E-state index in [1.165, 1.54) is 23.9 Å². The molecule has 1 aliphatic carbocycles. The molecule has 1 aromatic carbocycles. The summed E-state index contributed by atoms with van der Waals surface area (Å²) in [5, 5.41) is 11.8. The molecule has 0 bridgehead atoms. The molecule has 2 heterocycles. The summed E-state index contributed by atoms with van der Waals surface area (Å²) in [6.45, 7) is 0.309. The van der Waals surface area contributed by atoms with E-state index in [0.29, 0.717) is 17.4 Å². The van der Waals surface area contributed by atoms with Gasteiger partial charge in [0.1, 0.15) is 6.54 Å². The normalized spacial score (nSPS) is 15.2. The van der Waals surface area contributed by atoms with Crippen LogP contribution in [0, 0.1) is 4.77 Å². The van der Waals surface area contributed by atoms with Crippen LogP contribution in [-0.2, 0) is 6.54 Å². The number of hydrogen-bond acceptors (Lipinski definition) is 4. The molecule has 0 spiro atoms. The first-order chi connectivity index (χ1) is 12.7. The SMILES string of the molecule is O=c1ccc(-c2ccccc2)nn1Cc1n[nH]c(=S)n1C1CCCCC1. The quantitative estimate of drug-likeness (QED) is 0.714. The van der Waals surface area contributed by atoms with Gasteiger partial charge in [0.05, 0.1) is 5.69 Å². The van der Waals surface area contributed by atoms with Crippen molar-refractivity contribution in [3.8, 4) is 11.3 Å². The van der Waals surface area contributed by atoms with Gasteiger partial charge >= 0.3 is 0 Å². The zero-order valence-corrected chi connectivity index (χ0v) is 15.3. The maximum absolute atomic E-state index is 12.3. The van der Waals surface area contributed by atoms with Crippen LogP contribution in [0.25, 0.3) is 11.3 Å².